The van der Waals surface area contributed by atoms with Gasteiger partial charge in [-0.3, -0.25) is 0 Å². The van der Waals surface area contributed by atoms with Crippen molar-refractivity contribution in [3.8, 4) is 0 Å². The average Bonchev–Trinajstić information content (AvgIpc) is 2.60. The Kier molecular flexibility index (Phi) is 7.63. The lowest BCUT2D eigenvalue weighted by Gasteiger charge is -2.28. The Balaban J connectivity index is 2.16. The molecule has 0 N–H and O–H groups in total. The Bertz CT molecular complexity index is 542. The lowest BCUT2D eigenvalue weighted by atomic mass is 9.53. The summed E-state index contributed by atoms with van der Waals surface area (Å²) in [5, 5.41) is 2.43. The minimum Gasteiger partial charge on any atom is -0.358 e. The van der Waals surface area contributed by atoms with Crippen molar-refractivity contribution in [2.24, 2.45) is 0 Å². The van der Waals surface area contributed by atoms with Crippen molar-refractivity contribution >= 4 is 41.8 Å². The van der Waals surface area contributed by atoms with Gasteiger partial charge in [0.1, 0.15) is 0 Å². The molecular weight excluding hydrogens is 308 g/mol. The van der Waals surface area contributed by atoms with Gasteiger partial charge in [-0.05, 0) is 11.7 Å². The highest BCUT2D eigenvalue weighted by Crippen LogP contribution is 2.47. The third kappa shape index (κ3) is 4.67. The van der Waals surface area contributed by atoms with Crippen molar-refractivity contribution in [2.45, 2.75) is 5.56 Å². The van der Waals surface area contributed by atoms with Crippen LogP contribution in [-0.4, -0.2) is 40.8 Å². The van der Waals surface area contributed by atoms with E-state index in [0.717, 1.165) is 6.16 Å². The SMILES string of the molecule is [B][B][C@@H](CP(OC)c1ccccc1)P(OC)c1ccccc1. The zero-order chi connectivity index (χ0) is 15.8. The highest BCUT2D eigenvalue weighted by Gasteiger charge is 2.25. The Morgan fingerprint density at radius 1 is 0.909 bits per heavy atom. The quantitative estimate of drug-likeness (QED) is 0.548. The standard InChI is InChI=1S/C16H19B2O2P2/c1-19-21(14-9-5-3-6-10-14)13-16(18-17)22(20-2)15-11-7-4-8-12-15/h3-12,16H,13H2,1-2H3/t16-,21?,22?/m1/s1. The van der Waals surface area contributed by atoms with Gasteiger partial charge in [0.2, 0.25) is 0 Å². The van der Waals surface area contributed by atoms with Gasteiger partial charge in [0.05, 0.1) is 23.5 Å². The maximum absolute atomic E-state index is 5.93. The van der Waals surface area contributed by atoms with E-state index in [-0.39, 0.29) is 5.56 Å². The monoisotopic (exact) mass is 327 g/mol. The van der Waals surface area contributed by atoms with Gasteiger partial charge >= 0.3 is 0 Å². The molecule has 2 rings (SSSR count). The molecule has 3 radical (unpaired) electrons. The van der Waals surface area contributed by atoms with Gasteiger partial charge in [0, 0.05) is 32.6 Å². The molecule has 2 unspecified atom stereocenters. The molecule has 0 aliphatic carbocycles. The minimum absolute atomic E-state index is 0.161. The van der Waals surface area contributed by atoms with Crippen LogP contribution in [0.25, 0.3) is 0 Å². The molecule has 111 valence electrons. The van der Waals surface area contributed by atoms with E-state index < -0.39 is 16.3 Å². The summed E-state index contributed by atoms with van der Waals surface area (Å²) in [7, 11) is 9.73. The van der Waals surface area contributed by atoms with E-state index in [1.165, 1.54) is 10.6 Å². The fourth-order valence-electron chi connectivity index (χ4n) is 2.27. The lowest BCUT2D eigenvalue weighted by Crippen LogP contribution is -2.26. The largest absolute Gasteiger partial charge is 0.358 e. The van der Waals surface area contributed by atoms with Crippen LogP contribution in [-0.2, 0) is 9.05 Å². The molecule has 0 spiro atoms. The van der Waals surface area contributed by atoms with E-state index >= 15 is 0 Å². The number of benzene rings is 2. The van der Waals surface area contributed by atoms with Gasteiger partial charge < -0.3 is 9.05 Å². The van der Waals surface area contributed by atoms with Crippen molar-refractivity contribution in [3.05, 3.63) is 60.7 Å². The molecule has 0 saturated heterocycles. The van der Waals surface area contributed by atoms with Crippen LogP contribution in [0.3, 0.4) is 0 Å². The van der Waals surface area contributed by atoms with E-state index in [1.807, 2.05) is 36.4 Å². The topological polar surface area (TPSA) is 18.5 Å². The predicted octanol–water partition coefficient (Wildman–Crippen LogP) is 2.84. The summed E-state index contributed by atoms with van der Waals surface area (Å²) >= 11 is 0. The number of rotatable bonds is 8. The summed E-state index contributed by atoms with van der Waals surface area (Å²) in [6, 6.07) is 20.6. The third-order valence-electron chi connectivity index (χ3n) is 3.35. The first kappa shape index (κ1) is 17.7. The molecule has 0 fully saturated rings. The van der Waals surface area contributed by atoms with E-state index in [1.54, 1.807) is 21.4 Å². The summed E-state index contributed by atoms with van der Waals surface area (Å²) in [4.78, 5) is 0. The second-order valence-corrected chi connectivity index (χ2v) is 8.88. The summed E-state index contributed by atoms with van der Waals surface area (Å²) in [6.07, 6.45) is 0.862. The molecule has 0 heterocycles. The highest BCUT2D eigenvalue weighted by atomic mass is 31.1. The molecule has 22 heavy (non-hydrogen) atoms. The molecule has 0 aliphatic rings. The lowest BCUT2D eigenvalue weighted by molar-refractivity contribution is 0.460. The van der Waals surface area contributed by atoms with Crippen LogP contribution in [0.5, 0.6) is 0 Å². The van der Waals surface area contributed by atoms with Crippen molar-refractivity contribution < 1.29 is 9.05 Å². The van der Waals surface area contributed by atoms with Gasteiger partial charge in [-0.2, -0.15) is 0 Å². The van der Waals surface area contributed by atoms with Gasteiger partial charge in [-0.25, -0.2) is 0 Å². The minimum atomic E-state index is -0.790. The van der Waals surface area contributed by atoms with Crippen molar-refractivity contribution in [1.82, 2.24) is 0 Å². The molecule has 2 aromatic carbocycles. The first-order valence-corrected chi connectivity index (χ1v) is 9.87. The van der Waals surface area contributed by atoms with E-state index in [9.17, 15) is 0 Å². The molecule has 2 aromatic rings. The zero-order valence-electron chi connectivity index (χ0n) is 12.9. The van der Waals surface area contributed by atoms with Gasteiger partial charge in [0.25, 0.3) is 0 Å². The summed E-state index contributed by atoms with van der Waals surface area (Å²) in [5.41, 5.74) is 0.161. The van der Waals surface area contributed by atoms with E-state index in [2.05, 4.69) is 24.3 Å². The first-order valence-electron chi connectivity index (χ1n) is 7.10. The normalized spacial score (nSPS) is 15.0. The number of hydrogen-bond acceptors (Lipinski definition) is 2. The van der Waals surface area contributed by atoms with E-state index in [0.29, 0.717) is 0 Å². The van der Waals surface area contributed by atoms with Crippen LogP contribution in [0.1, 0.15) is 0 Å². The average molecular weight is 327 g/mol. The molecular formula is C16H19B2O2P2. The van der Waals surface area contributed by atoms with Gasteiger partial charge in [0.15, 0.2) is 0 Å². The fraction of sp³-hybridized carbons (Fsp3) is 0.250. The molecule has 0 saturated carbocycles. The predicted molar refractivity (Wildman–Crippen MR) is 100 cm³/mol. The molecule has 6 heteroatoms. The van der Waals surface area contributed by atoms with Crippen LogP contribution in [0.2, 0.25) is 0 Å². The summed E-state index contributed by atoms with van der Waals surface area (Å²) < 4.78 is 11.5. The van der Waals surface area contributed by atoms with Crippen LogP contribution >= 0.6 is 16.3 Å². The Morgan fingerprint density at radius 2 is 1.45 bits per heavy atom. The second-order valence-electron chi connectivity index (χ2n) is 4.68. The van der Waals surface area contributed by atoms with Crippen molar-refractivity contribution in [3.63, 3.8) is 0 Å². The van der Waals surface area contributed by atoms with Crippen LogP contribution < -0.4 is 10.6 Å². The molecule has 0 aliphatic heterocycles. The maximum Gasteiger partial charge on any atom is 0.0685 e. The van der Waals surface area contributed by atoms with Crippen LogP contribution in [0.15, 0.2) is 60.7 Å². The zero-order valence-corrected chi connectivity index (χ0v) is 14.7. The van der Waals surface area contributed by atoms with Crippen molar-refractivity contribution in [1.29, 1.82) is 0 Å². The number of hydrogen-bond donors (Lipinski definition) is 0. The van der Waals surface area contributed by atoms with E-state index in [4.69, 9.17) is 16.8 Å². The summed E-state index contributed by atoms with van der Waals surface area (Å²) in [5.74, 6) is 0. The second kappa shape index (κ2) is 9.48. The van der Waals surface area contributed by atoms with Gasteiger partial charge in [-0.15, -0.1) is 0 Å². The molecule has 0 amide bonds. The van der Waals surface area contributed by atoms with Crippen LogP contribution in [0, 0.1) is 0 Å². The first-order chi connectivity index (χ1) is 10.8. The molecule has 0 bridgehead atoms. The molecule has 3 atom stereocenters. The maximum atomic E-state index is 5.93. The van der Waals surface area contributed by atoms with Gasteiger partial charge in [-0.1, -0.05) is 60.7 Å². The Hall–Kier alpha value is -0.650. The highest BCUT2D eigenvalue weighted by molar-refractivity contribution is 7.67. The Labute approximate surface area is 137 Å². The molecule has 0 aromatic heterocycles. The van der Waals surface area contributed by atoms with Crippen LogP contribution in [0.4, 0.5) is 0 Å². The Morgan fingerprint density at radius 3 is 1.91 bits per heavy atom. The third-order valence-corrected chi connectivity index (χ3v) is 7.83. The molecule has 2 nitrogen and oxygen atoms in total. The smallest absolute Gasteiger partial charge is 0.0685 e. The fourth-order valence-corrected chi connectivity index (χ4v) is 6.33. The summed E-state index contributed by atoms with van der Waals surface area (Å²) in [6.45, 7) is 0. The van der Waals surface area contributed by atoms with Crippen molar-refractivity contribution in [2.75, 3.05) is 20.4 Å².